The van der Waals surface area contributed by atoms with Gasteiger partial charge in [-0.1, -0.05) is 13.8 Å². The van der Waals surface area contributed by atoms with E-state index in [1.165, 1.54) is 11.3 Å². The molecule has 0 saturated carbocycles. The number of hydrogen-bond donors (Lipinski definition) is 1. The fraction of sp³-hybridized carbons (Fsp3) is 0.733. The number of hydrogen-bond acceptors (Lipinski definition) is 3. The maximum Gasteiger partial charge on any atom is 0.248 e. The molecule has 0 aliphatic rings. The fourth-order valence-electron chi connectivity index (χ4n) is 2.26. The molecule has 0 aromatic carbocycles. The molecular formula is C15H27N3O2. The van der Waals surface area contributed by atoms with E-state index in [0.29, 0.717) is 19.7 Å². The van der Waals surface area contributed by atoms with Gasteiger partial charge in [-0.15, -0.1) is 0 Å². The van der Waals surface area contributed by atoms with Crippen molar-refractivity contribution in [2.75, 3.05) is 13.2 Å². The first kappa shape index (κ1) is 16.7. The molecule has 0 saturated heterocycles. The summed E-state index contributed by atoms with van der Waals surface area (Å²) in [4.78, 5) is 11.8. The molecule has 114 valence electrons. The van der Waals surface area contributed by atoms with E-state index in [1.807, 2.05) is 18.5 Å². The van der Waals surface area contributed by atoms with Gasteiger partial charge >= 0.3 is 0 Å². The zero-order valence-corrected chi connectivity index (χ0v) is 13.3. The molecule has 5 nitrogen and oxygen atoms in total. The second-order valence-electron chi connectivity index (χ2n) is 5.03. The van der Waals surface area contributed by atoms with Gasteiger partial charge in [-0.25, -0.2) is 0 Å². The summed E-state index contributed by atoms with van der Waals surface area (Å²) < 4.78 is 7.35. The lowest BCUT2D eigenvalue weighted by Gasteiger charge is -2.13. The highest BCUT2D eigenvalue weighted by Gasteiger charge is 2.13. The monoisotopic (exact) mass is 281 g/mol. The third kappa shape index (κ3) is 4.34. The maximum absolute atomic E-state index is 11.8. The molecule has 0 unspecified atom stereocenters. The molecule has 5 heteroatoms. The molecule has 0 bridgehead atoms. The Morgan fingerprint density at radius 1 is 1.40 bits per heavy atom. The van der Waals surface area contributed by atoms with Crippen LogP contribution < -0.4 is 5.32 Å². The summed E-state index contributed by atoms with van der Waals surface area (Å²) in [6.45, 7) is 11.9. The highest BCUT2D eigenvalue weighted by Crippen LogP contribution is 2.12. The molecule has 1 rings (SSSR count). The van der Waals surface area contributed by atoms with E-state index >= 15 is 0 Å². The van der Waals surface area contributed by atoms with Crippen LogP contribution in [0.2, 0.25) is 0 Å². The Balaban J connectivity index is 2.43. The largest absolute Gasteiger partial charge is 0.369 e. The predicted molar refractivity (Wildman–Crippen MR) is 79.8 cm³/mol. The minimum absolute atomic E-state index is 0.0595. The van der Waals surface area contributed by atoms with Gasteiger partial charge < -0.3 is 10.1 Å². The van der Waals surface area contributed by atoms with Crippen LogP contribution >= 0.6 is 0 Å². The smallest absolute Gasteiger partial charge is 0.248 e. The number of aromatic nitrogens is 2. The lowest BCUT2D eigenvalue weighted by molar-refractivity contribution is -0.131. The summed E-state index contributed by atoms with van der Waals surface area (Å²) >= 11 is 0. The second kappa shape index (κ2) is 8.04. The predicted octanol–water partition coefficient (Wildman–Crippen LogP) is 1.99. The summed E-state index contributed by atoms with van der Waals surface area (Å²) in [5, 5.41) is 7.40. The Morgan fingerprint density at radius 2 is 2.10 bits per heavy atom. The van der Waals surface area contributed by atoms with Crippen LogP contribution in [-0.2, 0) is 22.5 Å². The second-order valence-corrected chi connectivity index (χ2v) is 5.03. The van der Waals surface area contributed by atoms with Crippen LogP contribution in [0.1, 0.15) is 44.1 Å². The number of aryl methyl sites for hydroxylation is 1. The Morgan fingerprint density at radius 3 is 2.65 bits per heavy atom. The number of amides is 1. The van der Waals surface area contributed by atoms with Crippen LogP contribution in [0.3, 0.4) is 0 Å². The van der Waals surface area contributed by atoms with Crippen molar-refractivity contribution >= 4 is 5.91 Å². The van der Waals surface area contributed by atoms with Crippen LogP contribution in [-0.4, -0.2) is 34.9 Å². The standard InChI is InChI=1S/C15H27N3O2/c1-6-10-20-13(5)15(19)16-8-9-18-12(4)14(7-2)11(3)17-18/h13H,6-10H2,1-5H3,(H,16,19)/t13-/m0/s1. The van der Waals surface area contributed by atoms with Crippen LogP contribution in [0.4, 0.5) is 0 Å². The van der Waals surface area contributed by atoms with Crippen molar-refractivity contribution in [2.24, 2.45) is 0 Å². The summed E-state index contributed by atoms with van der Waals surface area (Å²) in [6, 6.07) is 0. The average molecular weight is 281 g/mol. The molecule has 1 amide bonds. The van der Waals surface area contributed by atoms with Gasteiger partial charge in [0, 0.05) is 18.8 Å². The van der Waals surface area contributed by atoms with Gasteiger partial charge in [0.05, 0.1) is 12.2 Å². The lowest BCUT2D eigenvalue weighted by Crippen LogP contribution is -2.36. The van der Waals surface area contributed by atoms with Crippen LogP contribution in [0, 0.1) is 13.8 Å². The molecule has 0 fully saturated rings. The minimum Gasteiger partial charge on any atom is -0.369 e. The molecule has 1 heterocycles. The molecule has 1 N–H and O–H groups in total. The van der Waals surface area contributed by atoms with Crippen molar-refractivity contribution in [1.29, 1.82) is 0 Å². The summed E-state index contributed by atoms with van der Waals surface area (Å²) in [5.41, 5.74) is 3.57. The van der Waals surface area contributed by atoms with E-state index in [-0.39, 0.29) is 12.0 Å². The number of nitrogens with one attached hydrogen (secondary N) is 1. The zero-order valence-electron chi connectivity index (χ0n) is 13.3. The topological polar surface area (TPSA) is 56.1 Å². The molecule has 1 aromatic rings. The van der Waals surface area contributed by atoms with Gasteiger partial charge in [0.1, 0.15) is 6.10 Å². The Labute approximate surface area is 121 Å². The van der Waals surface area contributed by atoms with Gasteiger partial charge in [0.2, 0.25) is 5.91 Å². The van der Waals surface area contributed by atoms with E-state index in [2.05, 4.69) is 24.3 Å². The van der Waals surface area contributed by atoms with Crippen molar-refractivity contribution in [3.63, 3.8) is 0 Å². The molecule has 1 atom stereocenters. The Bertz CT molecular complexity index is 441. The summed E-state index contributed by atoms with van der Waals surface area (Å²) in [5.74, 6) is -0.0595. The number of carbonyl (C=O) groups excluding carboxylic acids is 1. The van der Waals surface area contributed by atoms with Crippen LogP contribution in [0.5, 0.6) is 0 Å². The molecule has 0 aliphatic heterocycles. The van der Waals surface area contributed by atoms with Crippen molar-refractivity contribution in [1.82, 2.24) is 15.1 Å². The van der Waals surface area contributed by atoms with E-state index in [4.69, 9.17) is 4.74 Å². The number of rotatable bonds is 8. The van der Waals surface area contributed by atoms with Crippen molar-refractivity contribution < 1.29 is 9.53 Å². The Hall–Kier alpha value is -1.36. The third-order valence-corrected chi connectivity index (χ3v) is 3.45. The highest BCUT2D eigenvalue weighted by atomic mass is 16.5. The highest BCUT2D eigenvalue weighted by molar-refractivity contribution is 5.80. The van der Waals surface area contributed by atoms with Crippen molar-refractivity contribution in [3.8, 4) is 0 Å². The van der Waals surface area contributed by atoms with Gasteiger partial charge in [0.15, 0.2) is 0 Å². The third-order valence-electron chi connectivity index (χ3n) is 3.45. The van der Waals surface area contributed by atoms with Gasteiger partial charge in [-0.2, -0.15) is 5.10 Å². The van der Waals surface area contributed by atoms with E-state index < -0.39 is 0 Å². The van der Waals surface area contributed by atoms with Crippen molar-refractivity contribution in [2.45, 2.75) is 60.1 Å². The Kier molecular flexibility index (Phi) is 6.71. The number of carbonyl (C=O) groups is 1. The normalized spacial score (nSPS) is 12.4. The first-order valence-electron chi connectivity index (χ1n) is 7.43. The summed E-state index contributed by atoms with van der Waals surface area (Å²) in [6.07, 6.45) is 1.52. The molecule has 20 heavy (non-hydrogen) atoms. The van der Waals surface area contributed by atoms with Crippen LogP contribution in [0.25, 0.3) is 0 Å². The fourth-order valence-corrected chi connectivity index (χ4v) is 2.26. The van der Waals surface area contributed by atoms with E-state index in [0.717, 1.165) is 18.5 Å². The molecular weight excluding hydrogens is 254 g/mol. The lowest BCUT2D eigenvalue weighted by atomic mass is 10.1. The van der Waals surface area contributed by atoms with Crippen LogP contribution in [0.15, 0.2) is 0 Å². The SMILES string of the molecule is CCCO[C@@H](C)C(=O)NCCn1nc(C)c(CC)c1C. The van der Waals surface area contributed by atoms with Gasteiger partial charge in [-0.05, 0) is 39.2 Å². The molecule has 0 spiro atoms. The first-order valence-corrected chi connectivity index (χ1v) is 7.43. The summed E-state index contributed by atoms with van der Waals surface area (Å²) in [7, 11) is 0. The minimum atomic E-state index is -0.387. The average Bonchev–Trinajstić information content (AvgIpc) is 2.70. The van der Waals surface area contributed by atoms with Gasteiger partial charge in [-0.3, -0.25) is 9.48 Å². The maximum atomic E-state index is 11.8. The van der Waals surface area contributed by atoms with E-state index in [9.17, 15) is 4.79 Å². The van der Waals surface area contributed by atoms with Crippen molar-refractivity contribution in [3.05, 3.63) is 17.0 Å². The molecule has 0 aliphatic carbocycles. The zero-order chi connectivity index (χ0) is 15.1. The molecule has 0 radical (unpaired) electrons. The number of nitrogens with zero attached hydrogens (tertiary/aromatic N) is 2. The molecule has 1 aromatic heterocycles. The number of ether oxygens (including phenoxy) is 1. The van der Waals surface area contributed by atoms with Gasteiger partial charge in [0.25, 0.3) is 0 Å². The quantitative estimate of drug-likeness (QED) is 0.793. The first-order chi connectivity index (χ1) is 9.51. The van der Waals surface area contributed by atoms with E-state index in [1.54, 1.807) is 6.92 Å².